The largest absolute Gasteiger partial charge is 0.467 e. The van der Waals surface area contributed by atoms with Gasteiger partial charge in [0.25, 0.3) is 0 Å². The maximum Gasteiger partial charge on any atom is 0.331 e. The van der Waals surface area contributed by atoms with E-state index in [0.717, 1.165) is 0 Å². The zero-order valence-electron chi connectivity index (χ0n) is 6.74. The second-order valence-corrected chi connectivity index (χ2v) is 4.07. The molecule has 68 valence electrons. The maximum absolute atomic E-state index is 11.2. The second-order valence-electron chi connectivity index (χ2n) is 2.46. The van der Waals surface area contributed by atoms with Gasteiger partial charge in [0, 0.05) is 13.0 Å². The number of hydrogen-bond acceptors (Lipinski definition) is 4. The fraction of sp³-hybridized carbons (Fsp3) is 0.667. The molecule has 1 heterocycles. The van der Waals surface area contributed by atoms with Gasteiger partial charge in [-0.25, -0.2) is 4.79 Å². The smallest absolute Gasteiger partial charge is 0.331 e. The zero-order chi connectivity index (χ0) is 9.14. The van der Waals surface area contributed by atoms with Crippen LogP contribution in [0.4, 0.5) is 0 Å². The number of esters is 1. The SMILES string of the molecule is COC(=O)C1C(=O)CCN1PP. The number of rotatable bonds is 2. The van der Waals surface area contributed by atoms with Gasteiger partial charge in [-0.05, 0) is 8.42 Å². The monoisotopic (exact) mass is 207 g/mol. The van der Waals surface area contributed by atoms with E-state index in [1.54, 1.807) is 0 Å². The van der Waals surface area contributed by atoms with E-state index >= 15 is 0 Å². The molecule has 3 unspecified atom stereocenters. The molecule has 0 N–H and O–H groups in total. The fourth-order valence-corrected chi connectivity index (χ4v) is 2.65. The van der Waals surface area contributed by atoms with Crippen LogP contribution in [0.2, 0.25) is 0 Å². The Kier molecular flexibility index (Phi) is 3.57. The summed E-state index contributed by atoms with van der Waals surface area (Å²) in [4.78, 5) is 22.3. The third-order valence-electron chi connectivity index (χ3n) is 1.81. The lowest BCUT2D eigenvalue weighted by atomic mass is 10.2. The number of ether oxygens (including phenoxy) is 1. The summed E-state index contributed by atoms with van der Waals surface area (Å²) < 4.78 is 6.35. The first-order valence-corrected chi connectivity index (χ1v) is 6.29. The highest BCUT2D eigenvalue weighted by Gasteiger charge is 2.37. The number of nitrogens with zero attached hydrogens (tertiary/aromatic N) is 1. The molecule has 0 spiro atoms. The van der Waals surface area contributed by atoms with Crippen LogP contribution in [0.3, 0.4) is 0 Å². The number of carbonyl (C=O) groups excluding carboxylic acids is 2. The summed E-state index contributed by atoms with van der Waals surface area (Å²) in [7, 11) is 4.23. The first-order valence-electron chi connectivity index (χ1n) is 3.54. The van der Waals surface area contributed by atoms with E-state index < -0.39 is 12.0 Å². The van der Waals surface area contributed by atoms with Crippen LogP contribution < -0.4 is 0 Å². The number of ketones is 1. The first-order chi connectivity index (χ1) is 5.70. The normalized spacial score (nSPS) is 25.5. The molecule has 1 fully saturated rings. The van der Waals surface area contributed by atoms with Crippen molar-refractivity contribution in [1.82, 2.24) is 4.67 Å². The number of hydrogen-bond donors (Lipinski definition) is 0. The highest BCUT2D eigenvalue weighted by atomic mass is 32.0. The predicted molar refractivity (Wildman–Crippen MR) is 50.2 cm³/mol. The highest BCUT2D eigenvalue weighted by Crippen LogP contribution is 2.33. The van der Waals surface area contributed by atoms with E-state index in [1.165, 1.54) is 7.11 Å². The highest BCUT2D eigenvalue weighted by molar-refractivity contribution is 8.01. The molecule has 0 aromatic rings. The van der Waals surface area contributed by atoms with Crippen molar-refractivity contribution in [3.8, 4) is 0 Å². The standard InChI is InChI=1S/C6H11NO3P2/c1-10-6(9)5-4(8)2-3-7(5)12-11/h5,12H,2-3,11H2,1H3. The minimum Gasteiger partial charge on any atom is -0.467 e. The summed E-state index contributed by atoms with van der Waals surface area (Å²) in [6.07, 6.45) is 0.459. The van der Waals surface area contributed by atoms with Crippen LogP contribution in [0.15, 0.2) is 0 Å². The minimum absolute atomic E-state index is 0.0307. The van der Waals surface area contributed by atoms with E-state index in [-0.39, 0.29) is 5.78 Å². The summed E-state index contributed by atoms with van der Waals surface area (Å²) in [5, 5.41) is 0. The van der Waals surface area contributed by atoms with Crippen LogP contribution in [0.1, 0.15) is 6.42 Å². The molecule has 0 saturated carbocycles. The summed E-state index contributed by atoms with van der Waals surface area (Å²) in [5.41, 5.74) is 0. The van der Waals surface area contributed by atoms with Gasteiger partial charge in [0.2, 0.25) is 0 Å². The Morgan fingerprint density at radius 2 is 2.50 bits per heavy atom. The molecule has 0 bridgehead atoms. The van der Waals surface area contributed by atoms with Gasteiger partial charge in [0.15, 0.2) is 11.8 Å². The van der Waals surface area contributed by atoms with Gasteiger partial charge in [0.05, 0.1) is 7.11 Å². The maximum atomic E-state index is 11.2. The van der Waals surface area contributed by atoms with Crippen LogP contribution in [0, 0.1) is 0 Å². The Bertz CT molecular complexity index is 209. The second kappa shape index (κ2) is 4.27. The van der Waals surface area contributed by atoms with Crippen molar-refractivity contribution in [2.24, 2.45) is 0 Å². The Balaban J connectivity index is 2.70. The molecule has 3 atom stereocenters. The van der Waals surface area contributed by atoms with Crippen molar-refractivity contribution in [3.05, 3.63) is 0 Å². The summed E-state index contributed by atoms with van der Waals surface area (Å²) >= 11 is 0. The van der Waals surface area contributed by atoms with Gasteiger partial charge in [0.1, 0.15) is 0 Å². The van der Waals surface area contributed by atoms with Crippen molar-refractivity contribution in [2.45, 2.75) is 12.5 Å². The number of carbonyl (C=O) groups is 2. The Morgan fingerprint density at radius 3 is 3.00 bits per heavy atom. The average Bonchev–Trinajstić information content (AvgIpc) is 2.45. The first kappa shape index (κ1) is 10.0. The van der Waals surface area contributed by atoms with Crippen molar-refractivity contribution in [1.29, 1.82) is 0 Å². The molecule has 1 aliphatic heterocycles. The summed E-state index contributed by atoms with van der Waals surface area (Å²) in [5.74, 6) is -0.468. The van der Waals surface area contributed by atoms with E-state index in [4.69, 9.17) is 0 Å². The van der Waals surface area contributed by atoms with Crippen molar-refractivity contribution in [2.75, 3.05) is 13.7 Å². The van der Waals surface area contributed by atoms with Crippen LogP contribution in [-0.4, -0.2) is 36.1 Å². The molecule has 1 saturated heterocycles. The quantitative estimate of drug-likeness (QED) is 0.368. The van der Waals surface area contributed by atoms with Gasteiger partial charge in [-0.15, -0.1) is 0 Å². The van der Waals surface area contributed by atoms with Gasteiger partial charge in [-0.2, -0.15) is 0 Å². The fourth-order valence-electron chi connectivity index (χ4n) is 1.18. The number of methoxy groups -OCH3 is 1. The molecule has 0 radical (unpaired) electrons. The van der Waals surface area contributed by atoms with Gasteiger partial charge in [-0.3, -0.25) is 9.46 Å². The summed E-state index contributed by atoms with van der Waals surface area (Å²) in [6.45, 7) is 0.667. The number of Topliss-reactive ketones (excluding diaryl/α,β-unsaturated/α-hetero) is 1. The van der Waals surface area contributed by atoms with E-state index in [9.17, 15) is 9.59 Å². The lowest BCUT2D eigenvalue weighted by Crippen LogP contribution is -2.35. The third kappa shape index (κ3) is 1.82. The van der Waals surface area contributed by atoms with Crippen molar-refractivity contribution < 1.29 is 14.3 Å². The zero-order valence-corrected chi connectivity index (χ0v) is 8.90. The topological polar surface area (TPSA) is 46.6 Å². The van der Waals surface area contributed by atoms with Gasteiger partial charge < -0.3 is 4.74 Å². The Hall–Kier alpha value is -0.0400. The van der Waals surface area contributed by atoms with Crippen molar-refractivity contribution >= 4 is 29.1 Å². The molecule has 1 aliphatic rings. The molecular weight excluding hydrogens is 196 g/mol. The van der Waals surface area contributed by atoms with E-state index in [1.807, 2.05) is 4.67 Å². The van der Waals surface area contributed by atoms with Crippen molar-refractivity contribution in [3.63, 3.8) is 0 Å². The Labute approximate surface area is 75.0 Å². The van der Waals surface area contributed by atoms with Crippen LogP contribution >= 0.6 is 17.3 Å². The van der Waals surface area contributed by atoms with Gasteiger partial charge >= 0.3 is 5.97 Å². The molecule has 6 heteroatoms. The van der Waals surface area contributed by atoms with Crippen LogP contribution in [0.25, 0.3) is 0 Å². The molecule has 12 heavy (non-hydrogen) atoms. The third-order valence-corrected chi connectivity index (χ3v) is 3.61. The molecule has 0 aliphatic carbocycles. The lowest BCUT2D eigenvalue weighted by Gasteiger charge is -2.17. The Morgan fingerprint density at radius 1 is 1.83 bits per heavy atom. The van der Waals surface area contributed by atoms with Crippen LogP contribution in [-0.2, 0) is 14.3 Å². The molecular formula is C6H11NO3P2. The van der Waals surface area contributed by atoms with Crippen LogP contribution in [0.5, 0.6) is 0 Å². The average molecular weight is 207 g/mol. The molecule has 0 amide bonds. The van der Waals surface area contributed by atoms with E-state index in [0.29, 0.717) is 21.4 Å². The lowest BCUT2D eigenvalue weighted by molar-refractivity contribution is -0.146. The predicted octanol–water partition coefficient (Wildman–Crippen LogP) is 0.186. The minimum atomic E-state index is -0.647. The summed E-state index contributed by atoms with van der Waals surface area (Å²) in [6, 6.07) is -0.647. The molecule has 1 rings (SSSR count). The molecule has 0 aromatic heterocycles. The van der Waals surface area contributed by atoms with Gasteiger partial charge in [-0.1, -0.05) is 8.93 Å². The van der Waals surface area contributed by atoms with E-state index in [2.05, 4.69) is 13.7 Å². The molecule has 4 nitrogen and oxygen atoms in total. The molecule has 0 aromatic carbocycles.